The van der Waals surface area contributed by atoms with E-state index < -0.39 is 5.92 Å². The molecule has 2 aromatic rings. The molecule has 1 atom stereocenters. The van der Waals surface area contributed by atoms with E-state index in [1.807, 2.05) is 30.3 Å². The van der Waals surface area contributed by atoms with Crippen molar-refractivity contribution in [3.8, 4) is 0 Å². The van der Waals surface area contributed by atoms with Gasteiger partial charge in [-0.3, -0.25) is 14.4 Å². The minimum atomic E-state index is -0.410. The first-order valence-corrected chi connectivity index (χ1v) is 9.31. The van der Waals surface area contributed by atoms with Crippen LogP contribution in [0.25, 0.3) is 0 Å². The van der Waals surface area contributed by atoms with E-state index >= 15 is 0 Å². The van der Waals surface area contributed by atoms with Crippen molar-refractivity contribution < 1.29 is 14.4 Å². The molecule has 138 valence electrons. The fourth-order valence-electron chi connectivity index (χ4n) is 3.58. The summed E-state index contributed by atoms with van der Waals surface area (Å²) in [6.45, 7) is 0. The number of benzene rings is 1. The first kappa shape index (κ1) is 17.5. The maximum Gasteiger partial charge on any atom is 0.200 e. The number of carbonyl (C=O) groups excluding carboxylic acids is 3. The second-order valence-electron chi connectivity index (χ2n) is 7.35. The van der Waals surface area contributed by atoms with Crippen LogP contribution in [0.5, 0.6) is 0 Å². The Bertz CT molecular complexity index is 920. The summed E-state index contributed by atoms with van der Waals surface area (Å²) in [4.78, 5) is 45.3. The number of nitrogen functional groups attached to an aromatic ring is 1. The second kappa shape index (κ2) is 7.02. The maximum absolute atomic E-state index is 12.5. The van der Waals surface area contributed by atoms with Crippen molar-refractivity contribution >= 4 is 23.2 Å². The van der Waals surface area contributed by atoms with Crippen molar-refractivity contribution in [2.75, 3.05) is 5.73 Å². The number of nitrogens with two attached hydrogens (primary N) is 1. The molecule has 2 aliphatic carbocycles. The average molecular weight is 363 g/mol. The van der Waals surface area contributed by atoms with Gasteiger partial charge in [-0.1, -0.05) is 30.3 Å². The third-order valence-corrected chi connectivity index (χ3v) is 5.30. The topological polar surface area (TPSA) is 103 Å². The Balaban J connectivity index is 1.56. The third kappa shape index (κ3) is 3.65. The minimum Gasteiger partial charge on any atom is -0.383 e. The summed E-state index contributed by atoms with van der Waals surface area (Å²) in [6, 6.07) is 9.70. The van der Waals surface area contributed by atoms with Gasteiger partial charge in [0.2, 0.25) is 5.78 Å². The molecule has 1 fully saturated rings. The lowest BCUT2D eigenvalue weighted by atomic mass is 9.96. The number of rotatable bonds is 7. The van der Waals surface area contributed by atoms with Crippen LogP contribution in [-0.2, 0) is 22.4 Å². The van der Waals surface area contributed by atoms with Gasteiger partial charge >= 0.3 is 0 Å². The third-order valence-electron chi connectivity index (χ3n) is 5.30. The molecule has 0 aliphatic heterocycles. The van der Waals surface area contributed by atoms with Crippen LogP contribution in [0, 0.1) is 5.92 Å². The smallest absolute Gasteiger partial charge is 0.200 e. The van der Waals surface area contributed by atoms with Gasteiger partial charge in [0.25, 0.3) is 0 Å². The fourth-order valence-corrected chi connectivity index (χ4v) is 3.58. The SMILES string of the molecule is Nc1nc(C(=O)CCC(=O)C2CC2)nc2c1CC(=O)C2Cc1ccccc1. The lowest BCUT2D eigenvalue weighted by Gasteiger charge is -2.11. The summed E-state index contributed by atoms with van der Waals surface area (Å²) < 4.78 is 0. The molecule has 0 spiro atoms. The van der Waals surface area contributed by atoms with Gasteiger partial charge in [0.15, 0.2) is 5.82 Å². The monoisotopic (exact) mass is 363 g/mol. The molecule has 6 nitrogen and oxygen atoms in total. The fraction of sp³-hybridized carbons (Fsp3) is 0.381. The molecular weight excluding hydrogens is 342 g/mol. The minimum absolute atomic E-state index is 0.0163. The molecule has 6 heteroatoms. The van der Waals surface area contributed by atoms with Crippen LogP contribution in [-0.4, -0.2) is 27.3 Å². The zero-order chi connectivity index (χ0) is 19.0. The number of aromatic nitrogens is 2. The van der Waals surface area contributed by atoms with Crippen molar-refractivity contribution in [3.05, 3.63) is 53.0 Å². The van der Waals surface area contributed by atoms with Crippen LogP contribution in [0.3, 0.4) is 0 Å². The Morgan fingerprint density at radius 2 is 1.81 bits per heavy atom. The first-order chi connectivity index (χ1) is 13.0. The van der Waals surface area contributed by atoms with E-state index in [1.54, 1.807) is 0 Å². The van der Waals surface area contributed by atoms with Crippen LogP contribution in [0.2, 0.25) is 0 Å². The molecule has 2 aliphatic rings. The first-order valence-electron chi connectivity index (χ1n) is 9.31. The Morgan fingerprint density at radius 3 is 2.52 bits per heavy atom. The van der Waals surface area contributed by atoms with Crippen molar-refractivity contribution in [1.82, 2.24) is 9.97 Å². The molecule has 0 bridgehead atoms. The summed E-state index contributed by atoms with van der Waals surface area (Å²) in [7, 11) is 0. The zero-order valence-corrected chi connectivity index (χ0v) is 15.0. The second-order valence-corrected chi connectivity index (χ2v) is 7.35. The van der Waals surface area contributed by atoms with Gasteiger partial charge in [-0.25, -0.2) is 9.97 Å². The van der Waals surface area contributed by atoms with E-state index in [1.165, 1.54) is 0 Å². The van der Waals surface area contributed by atoms with E-state index in [-0.39, 0.29) is 54.2 Å². The Morgan fingerprint density at radius 1 is 1.07 bits per heavy atom. The predicted octanol–water partition coefficient (Wildman–Crippen LogP) is 2.45. The Labute approximate surface area is 157 Å². The molecular formula is C21H21N3O3. The average Bonchev–Trinajstić information content (AvgIpc) is 3.47. The van der Waals surface area contributed by atoms with Crippen molar-refractivity contribution in [2.45, 2.75) is 44.4 Å². The number of hydrogen-bond acceptors (Lipinski definition) is 6. The maximum atomic E-state index is 12.5. The highest BCUT2D eigenvalue weighted by Crippen LogP contribution is 2.34. The van der Waals surface area contributed by atoms with Crippen molar-refractivity contribution in [1.29, 1.82) is 0 Å². The summed E-state index contributed by atoms with van der Waals surface area (Å²) in [6.07, 6.45) is 2.89. The van der Waals surface area contributed by atoms with Crippen LogP contribution >= 0.6 is 0 Å². The molecule has 27 heavy (non-hydrogen) atoms. The van der Waals surface area contributed by atoms with Crippen LogP contribution in [0.4, 0.5) is 5.82 Å². The molecule has 0 amide bonds. The van der Waals surface area contributed by atoms with Crippen LogP contribution < -0.4 is 5.73 Å². The normalized spacial score (nSPS) is 18.4. The molecule has 0 saturated heterocycles. The highest BCUT2D eigenvalue weighted by molar-refractivity contribution is 5.98. The molecule has 1 aromatic carbocycles. The van der Waals surface area contributed by atoms with E-state index in [9.17, 15) is 14.4 Å². The number of fused-ring (bicyclic) bond motifs is 1. The molecule has 0 radical (unpaired) electrons. The molecule has 1 saturated carbocycles. The number of ketones is 3. The predicted molar refractivity (Wildman–Crippen MR) is 99.3 cm³/mol. The summed E-state index contributed by atoms with van der Waals surface area (Å²) in [5.41, 5.74) is 8.25. The van der Waals surface area contributed by atoms with Crippen LogP contribution in [0.15, 0.2) is 30.3 Å². The lowest BCUT2D eigenvalue weighted by molar-refractivity contribution is -0.120. The van der Waals surface area contributed by atoms with Gasteiger partial charge in [0.05, 0.1) is 11.6 Å². The Kier molecular flexibility index (Phi) is 4.56. The molecule has 4 rings (SSSR count). The number of nitrogens with zero attached hydrogens (tertiary/aromatic N) is 2. The number of hydrogen-bond donors (Lipinski definition) is 1. The number of anilines is 1. The van der Waals surface area contributed by atoms with Gasteiger partial charge < -0.3 is 5.73 Å². The highest BCUT2D eigenvalue weighted by Gasteiger charge is 2.35. The Hall–Kier alpha value is -2.89. The lowest BCUT2D eigenvalue weighted by Crippen LogP contribution is -2.15. The van der Waals surface area contributed by atoms with Crippen LogP contribution in [0.1, 0.15) is 59.0 Å². The van der Waals surface area contributed by atoms with Gasteiger partial charge in [-0.2, -0.15) is 0 Å². The van der Waals surface area contributed by atoms with Gasteiger partial charge in [-0.05, 0) is 24.8 Å². The molecule has 1 unspecified atom stereocenters. The van der Waals surface area contributed by atoms with E-state index in [4.69, 9.17) is 5.73 Å². The number of carbonyl (C=O) groups is 3. The number of Topliss-reactive ketones (excluding diaryl/α,β-unsaturated/α-hetero) is 3. The van der Waals surface area contributed by atoms with Crippen molar-refractivity contribution in [3.63, 3.8) is 0 Å². The highest BCUT2D eigenvalue weighted by atomic mass is 16.1. The summed E-state index contributed by atoms with van der Waals surface area (Å²) in [5.74, 6) is -0.179. The van der Waals surface area contributed by atoms with E-state index in [0.29, 0.717) is 17.7 Å². The quantitative estimate of drug-likeness (QED) is 0.758. The summed E-state index contributed by atoms with van der Waals surface area (Å²) >= 11 is 0. The van der Waals surface area contributed by atoms with E-state index in [0.717, 1.165) is 18.4 Å². The van der Waals surface area contributed by atoms with Gasteiger partial charge in [0.1, 0.15) is 17.4 Å². The zero-order valence-electron chi connectivity index (χ0n) is 15.0. The largest absolute Gasteiger partial charge is 0.383 e. The van der Waals surface area contributed by atoms with Gasteiger partial charge in [-0.15, -0.1) is 0 Å². The molecule has 2 N–H and O–H groups in total. The summed E-state index contributed by atoms with van der Waals surface area (Å²) in [5, 5.41) is 0. The molecule has 1 aromatic heterocycles. The van der Waals surface area contributed by atoms with Gasteiger partial charge in [0, 0.05) is 30.7 Å². The van der Waals surface area contributed by atoms with E-state index in [2.05, 4.69) is 9.97 Å². The molecule has 1 heterocycles. The van der Waals surface area contributed by atoms with Crippen molar-refractivity contribution in [2.24, 2.45) is 5.92 Å². The standard InChI is InChI=1S/C21H21N3O3/c22-20-15-11-18(27)14(10-12-4-2-1-3-5-12)19(15)23-21(24-20)17(26)9-8-16(25)13-6-7-13/h1-5,13-14H,6-11H2,(H2,22,23,24).